The van der Waals surface area contributed by atoms with Crippen molar-refractivity contribution in [1.82, 2.24) is 19.5 Å². The predicted octanol–water partition coefficient (Wildman–Crippen LogP) is 3.42. The minimum Gasteiger partial charge on any atom is -0.494 e. The third-order valence-corrected chi connectivity index (χ3v) is 4.04. The van der Waals surface area contributed by atoms with Gasteiger partial charge in [-0.3, -0.25) is 4.57 Å². The molecule has 4 rings (SSSR count). The molecule has 1 aliphatic rings. The molecule has 1 unspecified atom stereocenters. The molecule has 7 nitrogen and oxygen atoms in total. The lowest BCUT2D eigenvalue weighted by Gasteiger charge is -2.12. The van der Waals surface area contributed by atoms with Gasteiger partial charge < -0.3 is 14.8 Å². The number of nitrogens with zero attached hydrogens (tertiary/aromatic N) is 4. The zero-order valence-corrected chi connectivity index (χ0v) is 13.8. The molecule has 0 bridgehead atoms. The van der Waals surface area contributed by atoms with E-state index in [0.29, 0.717) is 30.2 Å². The lowest BCUT2D eigenvalue weighted by atomic mass is 10.3. The van der Waals surface area contributed by atoms with Gasteiger partial charge in [0, 0.05) is 12.3 Å². The van der Waals surface area contributed by atoms with E-state index in [-0.39, 0.29) is 6.23 Å². The monoisotopic (exact) mass is 343 g/mol. The first-order valence-corrected chi connectivity index (χ1v) is 8.26. The molecule has 3 aromatic rings. The Bertz CT molecular complexity index is 875. The van der Waals surface area contributed by atoms with Crippen molar-refractivity contribution in [3.05, 3.63) is 36.7 Å². The summed E-state index contributed by atoms with van der Waals surface area (Å²) < 4.78 is 26.8. The molecule has 3 heterocycles. The Hall–Kier alpha value is -2.74. The molecule has 8 heteroatoms. The molecule has 0 radical (unpaired) electrons. The lowest BCUT2D eigenvalue weighted by Crippen LogP contribution is -2.08. The summed E-state index contributed by atoms with van der Waals surface area (Å²) in [6.45, 7) is 3.22. The van der Waals surface area contributed by atoms with E-state index < -0.39 is 6.08 Å². The van der Waals surface area contributed by atoms with E-state index >= 15 is 0 Å². The van der Waals surface area contributed by atoms with Crippen molar-refractivity contribution in [3.8, 4) is 5.75 Å². The highest BCUT2D eigenvalue weighted by molar-refractivity contribution is 5.85. The first-order valence-electron chi connectivity index (χ1n) is 8.26. The minimum atomic E-state index is -0.805. The Morgan fingerprint density at radius 3 is 2.88 bits per heavy atom. The molecule has 1 N–H and O–H groups in total. The number of hydrogen-bond donors (Lipinski definition) is 1. The van der Waals surface area contributed by atoms with Crippen LogP contribution in [0.25, 0.3) is 11.2 Å². The molecule has 1 aromatic carbocycles. The number of fused-ring (bicyclic) bond motifs is 1. The van der Waals surface area contributed by atoms with E-state index in [2.05, 4.69) is 20.3 Å². The van der Waals surface area contributed by atoms with Crippen LogP contribution in [0.15, 0.2) is 30.6 Å². The number of anilines is 2. The number of aromatic nitrogens is 4. The molecule has 2 aromatic heterocycles. The summed E-state index contributed by atoms with van der Waals surface area (Å²) in [6.07, 6.45) is 2.49. The number of rotatable bonds is 5. The first kappa shape index (κ1) is 15.8. The molecule has 25 heavy (non-hydrogen) atoms. The highest BCUT2D eigenvalue weighted by atomic mass is 19.1. The standard InChI is InChI=1S/C17H18FN5O2/c1-2-24-12-7-5-11(6-8-12)20-15-14-16(22-17(18)21-15)23(10-19-14)13-4-3-9-25-13/h5-8,10,13H,2-4,9H2,1H3,(H,20,21,22). The van der Waals surface area contributed by atoms with Crippen molar-refractivity contribution in [1.29, 1.82) is 0 Å². The smallest absolute Gasteiger partial charge is 0.312 e. The van der Waals surface area contributed by atoms with Gasteiger partial charge in [0.1, 0.15) is 12.0 Å². The average molecular weight is 343 g/mol. The van der Waals surface area contributed by atoms with E-state index in [1.807, 2.05) is 31.2 Å². The molecule has 1 saturated heterocycles. The van der Waals surface area contributed by atoms with Crippen molar-refractivity contribution in [2.45, 2.75) is 26.0 Å². The van der Waals surface area contributed by atoms with Crippen molar-refractivity contribution in [2.24, 2.45) is 0 Å². The van der Waals surface area contributed by atoms with Crippen LogP contribution >= 0.6 is 0 Å². The van der Waals surface area contributed by atoms with Crippen LogP contribution in [0.3, 0.4) is 0 Å². The van der Waals surface area contributed by atoms with Gasteiger partial charge in [-0.15, -0.1) is 0 Å². The van der Waals surface area contributed by atoms with Crippen molar-refractivity contribution in [3.63, 3.8) is 0 Å². The summed E-state index contributed by atoms with van der Waals surface area (Å²) in [5.74, 6) is 1.10. The summed E-state index contributed by atoms with van der Waals surface area (Å²) in [5.41, 5.74) is 1.69. The average Bonchev–Trinajstić information content (AvgIpc) is 3.26. The number of halogens is 1. The Labute approximate surface area is 143 Å². The van der Waals surface area contributed by atoms with E-state index in [1.54, 1.807) is 10.9 Å². The van der Waals surface area contributed by atoms with Crippen LogP contribution in [0.4, 0.5) is 15.9 Å². The molecular weight excluding hydrogens is 325 g/mol. The molecule has 1 aliphatic heterocycles. The predicted molar refractivity (Wildman–Crippen MR) is 90.4 cm³/mol. The first-order chi connectivity index (χ1) is 12.2. The van der Waals surface area contributed by atoms with Crippen molar-refractivity contribution < 1.29 is 13.9 Å². The summed E-state index contributed by atoms with van der Waals surface area (Å²) in [5, 5.41) is 3.10. The van der Waals surface area contributed by atoms with Crippen LogP contribution in [-0.4, -0.2) is 32.7 Å². The quantitative estimate of drug-likeness (QED) is 0.716. The van der Waals surface area contributed by atoms with Gasteiger partial charge in [0.15, 0.2) is 17.0 Å². The summed E-state index contributed by atoms with van der Waals surface area (Å²) in [7, 11) is 0. The zero-order chi connectivity index (χ0) is 17.2. The van der Waals surface area contributed by atoms with Gasteiger partial charge in [-0.2, -0.15) is 14.4 Å². The fraction of sp³-hybridized carbons (Fsp3) is 0.353. The highest BCUT2D eigenvalue weighted by Gasteiger charge is 2.22. The fourth-order valence-electron chi connectivity index (χ4n) is 2.91. The molecule has 0 aliphatic carbocycles. The van der Waals surface area contributed by atoms with Gasteiger partial charge in [0.25, 0.3) is 0 Å². The molecular formula is C17H18FN5O2. The lowest BCUT2D eigenvalue weighted by molar-refractivity contribution is 0.0592. The maximum atomic E-state index is 13.9. The maximum Gasteiger partial charge on any atom is 0.312 e. The normalized spacial score (nSPS) is 17.1. The second kappa shape index (κ2) is 6.64. The summed E-state index contributed by atoms with van der Waals surface area (Å²) in [4.78, 5) is 12.1. The second-order valence-corrected chi connectivity index (χ2v) is 5.72. The Morgan fingerprint density at radius 1 is 1.32 bits per heavy atom. The summed E-state index contributed by atoms with van der Waals surface area (Å²) in [6, 6.07) is 7.36. The molecule has 1 atom stereocenters. The largest absolute Gasteiger partial charge is 0.494 e. The van der Waals surface area contributed by atoms with Gasteiger partial charge >= 0.3 is 6.08 Å². The van der Waals surface area contributed by atoms with Crippen LogP contribution in [0, 0.1) is 6.08 Å². The number of hydrogen-bond acceptors (Lipinski definition) is 6. The van der Waals surface area contributed by atoms with Crippen LogP contribution in [0.1, 0.15) is 26.0 Å². The van der Waals surface area contributed by atoms with Gasteiger partial charge in [-0.05, 0) is 44.0 Å². The van der Waals surface area contributed by atoms with Crippen LogP contribution < -0.4 is 10.1 Å². The topological polar surface area (TPSA) is 74.1 Å². The van der Waals surface area contributed by atoms with Gasteiger partial charge in [-0.1, -0.05) is 0 Å². The van der Waals surface area contributed by atoms with Gasteiger partial charge in [0.05, 0.1) is 12.9 Å². The van der Waals surface area contributed by atoms with E-state index in [0.717, 1.165) is 24.3 Å². The fourth-order valence-corrected chi connectivity index (χ4v) is 2.91. The van der Waals surface area contributed by atoms with Crippen molar-refractivity contribution in [2.75, 3.05) is 18.5 Å². The zero-order valence-electron chi connectivity index (χ0n) is 13.8. The molecule has 0 amide bonds. The molecule has 0 saturated carbocycles. The number of ether oxygens (including phenoxy) is 2. The Balaban J connectivity index is 1.67. The molecule has 130 valence electrons. The molecule has 0 spiro atoms. The van der Waals surface area contributed by atoms with Crippen LogP contribution in [0.5, 0.6) is 5.75 Å². The Kier molecular flexibility index (Phi) is 4.19. The van der Waals surface area contributed by atoms with E-state index in [4.69, 9.17) is 9.47 Å². The minimum absolute atomic E-state index is 0.155. The summed E-state index contributed by atoms with van der Waals surface area (Å²) >= 11 is 0. The third kappa shape index (κ3) is 3.12. The van der Waals surface area contributed by atoms with Gasteiger partial charge in [0.2, 0.25) is 0 Å². The Morgan fingerprint density at radius 2 is 2.16 bits per heavy atom. The van der Waals surface area contributed by atoms with E-state index in [9.17, 15) is 4.39 Å². The maximum absolute atomic E-state index is 13.9. The SMILES string of the molecule is CCOc1ccc(Nc2nc(F)nc3c2ncn3C2CCCO2)cc1. The van der Waals surface area contributed by atoms with Crippen LogP contribution in [0.2, 0.25) is 0 Å². The van der Waals surface area contributed by atoms with E-state index in [1.165, 1.54) is 0 Å². The van der Waals surface area contributed by atoms with Crippen molar-refractivity contribution >= 4 is 22.7 Å². The van der Waals surface area contributed by atoms with Crippen LogP contribution in [-0.2, 0) is 4.74 Å². The molecule has 1 fully saturated rings. The number of benzene rings is 1. The highest BCUT2D eigenvalue weighted by Crippen LogP contribution is 2.29. The van der Waals surface area contributed by atoms with Gasteiger partial charge in [-0.25, -0.2) is 4.98 Å². The second-order valence-electron chi connectivity index (χ2n) is 5.72. The number of nitrogens with one attached hydrogen (secondary N) is 1. The number of imidazole rings is 1. The third-order valence-electron chi connectivity index (χ3n) is 4.04.